The van der Waals surface area contributed by atoms with Gasteiger partial charge in [-0.15, -0.1) is 0 Å². The van der Waals surface area contributed by atoms with Crippen LogP contribution in [0.1, 0.15) is 6.92 Å². The summed E-state index contributed by atoms with van der Waals surface area (Å²) >= 11 is 0. The van der Waals surface area contributed by atoms with Gasteiger partial charge in [-0.2, -0.15) is 0 Å². The molecule has 0 fully saturated rings. The van der Waals surface area contributed by atoms with E-state index in [1.54, 1.807) is 13.0 Å². The van der Waals surface area contributed by atoms with Gasteiger partial charge in [0.15, 0.2) is 0 Å². The van der Waals surface area contributed by atoms with Crippen LogP contribution in [-0.2, 0) is 10.1 Å². The Kier molecular flexibility index (Phi) is 7.03. The summed E-state index contributed by atoms with van der Waals surface area (Å²) in [5, 5.41) is 0. The molecule has 0 saturated carbocycles. The van der Waals surface area contributed by atoms with Crippen LogP contribution in [0.5, 0.6) is 5.75 Å². The number of ether oxygens (including phenoxy) is 1. The second-order valence-corrected chi connectivity index (χ2v) is 4.49. The molecule has 0 aromatic heterocycles. The van der Waals surface area contributed by atoms with Crippen molar-refractivity contribution in [2.75, 3.05) is 6.61 Å². The molecule has 0 N–H and O–H groups in total. The zero-order valence-electron chi connectivity index (χ0n) is 9.26. The largest absolute Gasteiger partial charge is 1.00 e. The van der Waals surface area contributed by atoms with E-state index in [1.165, 1.54) is 18.2 Å². The van der Waals surface area contributed by atoms with Crippen LogP contribution in [0.2, 0.25) is 0 Å². The minimum Gasteiger partial charge on any atom is -0.744 e. The normalized spacial score (nSPS) is 10.4. The van der Waals surface area contributed by atoms with Gasteiger partial charge in [0.1, 0.15) is 22.5 Å². The van der Waals surface area contributed by atoms with Crippen molar-refractivity contribution in [2.45, 2.75) is 11.8 Å². The van der Waals surface area contributed by atoms with Crippen LogP contribution < -0.4 is 56.1 Å². The van der Waals surface area contributed by atoms with E-state index in [2.05, 4.69) is 6.58 Å². The number of rotatable bonds is 4. The molecule has 1 aromatic rings. The van der Waals surface area contributed by atoms with E-state index in [9.17, 15) is 13.0 Å². The fourth-order valence-electron chi connectivity index (χ4n) is 0.977. The number of para-hydroxylation sites is 1. The summed E-state index contributed by atoms with van der Waals surface area (Å²) in [6.07, 6.45) is 0. The predicted octanol–water partition coefficient (Wildman–Crippen LogP) is -1.45. The Morgan fingerprint density at radius 3 is 2.50 bits per heavy atom. The molecule has 0 atom stereocenters. The second-order valence-electron chi connectivity index (χ2n) is 3.15. The monoisotopic (exact) mass is 266 g/mol. The number of hydrogen-bond acceptors (Lipinski definition) is 4. The topological polar surface area (TPSA) is 66.4 Å². The Hall–Kier alpha value is 0.306. The molecule has 0 aliphatic heterocycles. The van der Waals surface area contributed by atoms with Crippen molar-refractivity contribution in [3.8, 4) is 5.75 Å². The molecule has 0 radical (unpaired) electrons. The van der Waals surface area contributed by atoms with E-state index >= 15 is 0 Å². The molecule has 0 saturated heterocycles. The van der Waals surface area contributed by atoms with Gasteiger partial charge in [0.2, 0.25) is 0 Å². The van der Waals surface area contributed by atoms with E-state index in [0.29, 0.717) is 0 Å². The van der Waals surface area contributed by atoms with Crippen molar-refractivity contribution in [1.82, 2.24) is 0 Å². The van der Waals surface area contributed by atoms with Gasteiger partial charge in [-0.3, -0.25) is 0 Å². The fraction of sp³-hybridized carbons (Fsp3) is 0.200. The Bertz CT molecular complexity index is 467. The van der Waals surface area contributed by atoms with E-state index in [1.807, 2.05) is 0 Å². The van der Waals surface area contributed by atoms with Crippen molar-refractivity contribution in [2.24, 2.45) is 0 Å². The summed E-state index contributed by atoms with van der Waals surface area (Å²) in [7, 11) is -4.49. The maximum Gasteiger partial charge on any atom is 1.00 e. The maximum absolute atomic E-state index is 10.8. The first-order valence-corrected chi connectivity index (χ1v) is 5.64. The van der Waals surface area contributed by atoms with Gasteiger partial charge in [-0.1, -0.05) is 18.7 Å². The maximum atomic E-state index is 10.8. The van der Waals surface area contributed by atoms with E-state index in [-0.39, 0.29) is 68.6 Å². The molecule has 0 bridgehead atoms. The fourth-order valence-corrected chi connectivity index (χ4v) is 1.60. The van der Waals surface area contributed by atoms with Crippen molar-refractivity contribution < 1.29 is 69.1 Å². The SMILES string of the molecule is C=C(C)COc1ccccc1S(=O)(=O)[O-].[K+]. The summed E-state index contributed by atoms with van der Waals surface area (Å²) < 4.78 is 37.7. The smallest absolute Gasteiger partial charge is 0.744 e. The molecule has 0 amide bonds. The zero-order valence-corrected chi connectivity index (χ0v) is 13.2. The average Bonchev–Trinajstić information content (AvgIpc) is 2.13. The Morgan fingerprint density at radius 2 is 2.00 bits per heavy atom. The Morgan fingerprint density at radius 1 is 1.44 bits per heavy atom. The summed E-state index contributed by atoms with van der Waals surface area (Å²) in [6, 6.07) is 5.73. The molecular weight excluding hydrogens is 255 g/mol. The average molecular weight is 266 g/mol. The van der Waals surface area contributed by atoms with Crippen LogP contribution in [0.25, 0.3) is 0 Å². The quantitative estimate of drug-likeness (QED) is 0.380. The Balaban J connectivity index is 0.00000225. The van der Waals surface area contributed by atoms with Gasteiger partial charge in [-0.25, -0.2) is 8.42 Å². The number of benzene rings is 1. The van der Waals surface area contributed by atoms with Crippen LogP contribution in [0.4, 0.5) is 0 Å². The molecule has 1 aromatic carbocycles. The first-order chi connectivity index (χ1) is 6.91. The molecule has 0 spiro atoms. The van der Waals surface area contributed by atoms with Crippen LogP contribution >= 0.6 is 0 Å². The van der Waals surface area contributed by atoms with Gasteiger partial charge < -0.3 is 9.29 Å². The van der Waals surface area contributed by atoms with Crippen molar-refractivity contribution in [1.29, 1.82) is 0 Å². The first kappa shape index (κ1) is 16.3. The van der Waals surface area contributed by atoms with Gasteiger partial charge >= 0.3 is 51.4 Å². The van der Waals surface area contributed by atoms with Crippen molar-refractivity contribution >= 4 is 10.1 Å². The molecule has 4 nitrogen and oxygen atoms in total. The van der Waals surface area contributed by atoms with Crippen LogP contribution in [-0.4, -0.2) is 19.6 Å². The van der Waals surface area contributed by atoms with E-state index < -0.39 is 10.1 Å². The molecule has 0 aliphatic carbocycles. The molecule has 16 heavy (non-hydrogen) atoms. The van der Waals surface area contributed by atoms with Crippen LogP contribution in [0.15, 0.2) is 41.3 Å². The third-order valence-electron chi connectivity index (χ3n) is 1.59. The molecular formula is C10H11KO4S. The summed E-state index contributed by atoms with van der Waals surface area (Å²) in [5.41, 5.74) is 0.744. The molecule has 1 rings (SSSR count). The first-order valence-electron chi connectivity index (χ1n) is 4.23. The van der Waals surface area contributed by atoms with Crippen LogP contribution in [0.3, 0.4) is 0 Å². The standard InChI is InChI=1S/C10H12O4S.K/c1-8(2)7-14-9-5-3-4-6-10(9)15(11,12)13;/h3-6H,1,7H2,2H3,(H,11,12,13);/q;+1/p-1. The Labute approximate surface area is 138 Å². The molecule has 0 heterocycles. The van der Waals surface area contributed by atoms with Crippen molar-refractivity contribution in [3.05, 3.63) is 36.4 Å². The molecule has 82 valence electrons. The number of hydrogen-bond donors (Lipinski definition) is 0. The van der Waals surface area contributed by atoms with Gasteiger partial charge in [0, 0.05) is 0 Å². The summed E-state index contributed by atoms with van der Waals surface area (Å²) in [4.78, 5) is -0.341. The molecule has 6 heteroatoms. The summed E-state index contributed by atoms with van der Waals surface area (Å²) in [5.74, 6) is 0.0653. The minimum atomic E-state index is -4.49. The predicted molar refractivity (Wildman–Crippen MR) is 54.7 cm³/mol. The van der Waals surface area contributed by atoms with Crippen LogP contribution in [0, 0.1) is 0 Å². The van der Waals surface area contributed by atoms with E-state index in [4.69, 9.17) is 4.74 Å². The van der Waals surface area contributed by atoms with Crippen molar-refractivity contribution in [3.63, 3.8) is 0 Å². The van der Waals surface area contributed by atoms with Gasteiger partial charge in [0.05, 0.1) is 4.90 Å². The third-order valence-corrected chi connectivity index (χ3v) is 2.47. The third kappa shape index (κ3) is 5.09. The second kappa shape index (κ2) is 6.90. The van der Waals surface area contributed by atoms with Gasteiger partial charge in [0.25, 0.3) is 0 Å². The zero-order chi connectivity index (χ0) is 11.5. The molecule has 0 unspecified atom stereocenters. The summed E-state index contributed by atoms with van der Waals surface area (Å²) in [6.45, 7) is 5.54. The van der Waals surface area contributed by atoms with Gasteiger partial charge in [-0.05, 0) is 24.6 Å². The molecule has 0 aliphatic rings. The minimum absolute atomic E-state index is 0. The van der Waals surface area contributed by atoms with E-state index in [0.717, 1.165) is 5.57 Å².